The third-order valence-corrected chi connectivity index (χ3v) is 7.40. The van der Waals surface area contributed by atoms with Gasteiger partial charge in [0.15, 0.2) is 21.5 Å². The quantitative estimate of drug-likeness (QED) is 0.708. The number of hydrogen-bond donors (Lipinski definition) is 1. The summed E-state index contributed by atoms with van der Waals surface area (Å²) in [6.07, 6.45) is 0.870. The predicted molar refractivity (Wildman–Crippen MR) is 105 cm³/mol. The summed E-state index contributed by atoms with van der Waals surface area (Å²) in [5, 5.41) is 4.79. The molecule has 1 aliphatic heterocycles. The van der Waals surface area contributed by atoms with Crippen molar-refractivity contribution in [1.82, 2.24) is 4.90 Å². The van der Waals surface area contributed by atoms with E-state index < -0.39 is 58.7 Å². The number of carbonyl (C=O) groups is 1. The molecule has 12 heteroatoms. The number of benzene rings is 1. The van der Waals surface area contributed by atoms with Crippen molar-refractivity contribution in [2.45, 2.75) is 55.4 Å². The Morgan fingerprint density at radius 2 is 1.60 bits per heavy atom. The zero-order valence-electron chi connectivity index (χ0n) is 17.0. The second-order valence-corrected chi connectivity index (χ2v) is 11.9. The van der Waals surface area contributed by atoms with Crippen LogP contribution in [0, 0.1) is 17.6 Å². The summed E-state index contributed by atoms with van der Waals surface area (Å²) >= 11 is 0. The van der Waals surface area contributed by atoms with Crippen LogP contribution in [-0.2, 0) is 24.6 Å². The number of ether oxygens (including phenoxy) is 1. The van der Waals surface area contributed by atoms with Crippen molar-refractivity contribution in [2.24, 2.45) is 11.1 Å². The monoisotopic (exact) mass is 468 g/mol. The van der Waals surface area contributed by atoms with Crippen molar-refractivity contribution in [3.63, 3.8) is 0 Å². The van der Waals surface area contributed by atoms with Crippen LogP contribution in [-0.4, -0.2) is 52.3 Å². The van der Waals surface area contributed by atoms with Gasteiger partial charge in [-0.05, 0) is 58.1 Å². The molecule has 0 aliphatic carbocycles. The average Bonchev–Trinajstić information content (AvgIpc) is 2.60. The third kappa shape index (κ3) is 6.11. The highest BCUT2D eigenvalue weighted by atomic mass is 32.2. The van der Waals surface area contributed by atoms with Gasteiger partial charge in [0, 0.05) is 13.1 Å². The SMILES string of the molecule is CC(C)(C)OC(=O)N1CCC(CCS(=O)(=O)c2ccc(S(N)(=O)=O)c(F)c2F)CC1. The second-order valence-electron chi connectivity index (χ2n) is 8.25. The highest BCUT2D eigenvalue weighted by Crippen LogP contribution is 2.27. The molecular weight excluding hydrogens is 442 g/mol. The Bertz CT molecular complexity index is 1010. The Balaban J connectivity index is 2.00. The molecule has 1 amide bonds. The first-order valence-corrected chi connectivity index (χ1v) is 12.5. The largest absolute Gasteiger partial charge is 0.444 e. The number of piperidine rings is 1. The summed E-state index contributed by atoms with van der Waals surface area (Å²) in [5.74, 6) is -4.03. The molecular formula is C18H26F2N2O6S2. The number of carbonyl (C=O) groups excluding carboxylic acids is 1. The molecule has 0 unspecified atom stereocenters. The van der Waals surface area contributed by atoms with Crippen LogP contribution < -0.4 is 5.14 Å². The lowest BCUT2D eigenvalue weighted by Gasteiger charge is -2.33. The number of halogens is 2. The number of sulfone groups is 1. The van der Waals surface area contributed by atoms with Crippen LogP contribution in [0.25, 0.3) is 0 Å². The molecule has 1 aliphatic rings. The van der Waals surface area contributed by atoms with Gasteiger partial charge in [0.05, 0.1) is 5.75 Å². The lowest BCUT2D eigenvalue weighted by molar-refractivity contribution is 0.0183. The van der Waals surface area contributed by atoms with Gasteiger partial charge in [-0.3, -0.25) is 0 Å². The van der Waals surface area contributed by atoms with E-state index in [0.29, 0.717) is 38.1 Å². The topological polar surface area (TPSA) is 124 Å². The molecule has 1 saturated heterocycles. The smallest absolute Gasteiger partial charge is 0.410 e. The van der Waals surface area contributed by atoms with Crippen LogP contribution in [0.1, 0.15) is 40.0 Å². The highest BCUT2D eigenvalue weighted by Gasteiger charge is 2.30. The first kappa shape index (κ1) is 24.5. The number of amides is 1. The van der Waals surface area contributed by atoms with Crippen LogP contribution in [0.5, 0.6) is 0 Å². The number of sulfonamides is 1. The zero-order valence-corrected chi connectivity index (χ0v) is 18.7. The predicted octanol–water partition coefficient (Wildman–Crippen LogP) is 2.42. The van der Waals surface area contributed by atoms with Crippen molar-refractivity contribution >= 4 is 26.0 Å². The van der Waals surface area contributed by atoms with E-state index in [1.807, 2.05) is 0 Å². The minimum absolute atomic E-state index is 0.0185. The van der Waals surface area contributed by atoms with E-state index in [1.165, 1.54) is 0 Å². The normalized spacial score (nSPS) is 16.5. The lowest BCUT2D eigenvalue weighted by Crippen LogP contribution is -2.41. The molecule has 1 fully saturated rings. The van der Waals surface area contributed by atoms with Gasteiger partial charge in [-0.2, -0.15) is 0 Å². The molecule has 0 bridgehead atoms. The maximum absolute atomic E-state index is 14.2. The first-order valence-electron chi connectivity index (χ1n) is 9.33. The number of rotatable bonds is 5. The minimum Gasteiger partial charge on any atom is -0.444 e. The van der Waals surface area contributed by atoms with Crippen molar-refractivity contribution in [2.75, 3.05) is 18.8 Å². The third-order valence-electron chi connectivity index (χ3n) is 4.71. The molecule has 8 nitrogen and oxygen atoms in total. The van der Waals surface area contributed by atoms with E-state index in [-0.39, 0.29) is 12.3 Å². The molecule has 2 rings (SSSR count). The van der Waals surface area contributed by atoms with Crippen LogP contribution in [0.3, 0.4) is 0 Å². The van der Waals surface area contributed by atoms with Crippen LogP contribution in [0.2, 0.25) is 0 Å². The van der Waals surface area contributed by atoms with Gasteiger partial charge >= 0.3 is 6.09 Å². The molecule has 30 heavy (non-hydrogen) atoms. The molecule has 0 radical (unpaired) electrons. The van der Waals surface area contributed by atoms with E-state index in [1.54, 1.807) is 25.7 Å². The summed E-state index contributed by atoms with van der Waals surface area (Å²) in [6.45, 7) is 6.11. The maximum atomic E-state index is 14.2. The molecule has 170 valence electrons. The van der Waals surface area contributed by atoms with Gasteiger partial charge < -0.3 is 9.64 Å². The molecule has 0 saturated carbocycles. The van der Waals surface area contributed by atoms with E-state index in [2.05, 4.69) is 0 Å². The van der Waals surface area contributed by atoms with Crippen molar-refractivity contribution in [3.8, 4) is 0 Å². The Morgan fingerprint density at radius 3 is 2.10 bits per heavy atom. The van der Waals surface area contributed by atoms with Crippen molar-refractivity contribution < 1.29 is 35.1 Å². The molecule has 2 N–H and O–H groups in total. The molecule has 0 spiro atoms. The summed E-state index contributed by atoms with van der Waals surface area (Å²) < 4.78 is 80.9. The maximum Gasteiger partial charge on any atom is 0.410 e. The molecule has 1 heterocycles. The van der Waals surface area contributed by atoms with Crippen molar-refractivity contribution in [3.05, 3.63) is 23.8 Å². The Labute approximate surface area is 175 Å². The van der Waals surface area contributed by atoms with E-state index in [9.17, 15) is 30.4 Å². The van der Waals surface area contributed by atoms with Gasteiger partial charge in [-0.15, -0.1) is 0 Å². The fourth-order valence-electron chi connectivity index (χ4n) is 3.14. The lowest BCUT2D eigenvalue weighted by atomic mass is 9.95. The second kappa shape index (κ2) is 8.75. The summed E-state index contributed by atoms with van der Waals surface area (Å²) in [5.41, 5.74) is -0.611. The van der Waals surface area contributed by atoms with E-state index in [0.717, 1.165) is 0 Å². The Morgan fingerprint density at radius 1 is 1.10 bits per heavy atom. The number of hydrogen-bond acceptors (Lipinski definition) is 6. The standard InChI is InChI=1S/C18H26F2N2O6S2/c1-18(2,3)28-17(23)22-9-6-12(7-10-22)8-11-29(24,25)13-4-5-14(30(21,26)27)16(20)15(13)19/h4-5,12H,6-11H2,1-3H3,(H2,21,26,27). The van der Waals surface area contributed by atoms with Gasteiger partial charge in [-0.25, -0.2) is 35.5 Å². The van der Waals surface area contributed by atoms with E-state index in [4.69, 9.17) is 9.88 Å². The first-order chi connectivity index (χ1) is 13.6. The zero-order chi connectivity index (χ0) is 22.9. The molecule has 0 aromatic heterocycles. The van der Waals surface area contributed by atoms with Crippen LogP contribution in [0.15, 0.2) is 21.9 Å². The minimum atomic E-state index is -4.52. The molecule has 1 aromatic carbocycles. The van der Waals surface area contributed by atoms with Gasteiger partial charge in [0.25, 0.3) is 0 Å². The van der Waals surface area contributed by atoms with Crippen molar-refractivity contribution in [1.29, 1.82) is 0 Å². The number of nitrogens with zero attached hydrogens (tertiary/aromatic N) is 1. The summed E-state index contributed by atoms with van der Waals surface area (Å²) in [4.78, 5) is 11.6. The fourth-order valence-corrected chi connectivity index (χ4v) is 5.24. The average molecular weight is 469 g/mol. The number of nitrogens with two attached hydrogens (primary N) is 1. The summed E-state index contributed by atoms with van der Waals surface area (Å²) in [6, 6.07) is 1.35. The van der Waals surface area contributed by atoms with Gasteiger partial charge in [0.1, 0.15) is 15.4 Å². The molecule has 1 aromatic rings. The van der Waals surface area contributed by atoms with Crippen LogP contribution >= 0.6 is 0 Å². The van der Waals surface area contributed by atoms with E-state index >= 15 is 0 Å². The number of primary sulfonamides is 1. The highest BCUT2D eigenvalue weighted by molar-refractivity contribution is 7.91. The Hall–Kier alpha value is -1.79. The summed E-state index contributed by atoms with van der Waals surface area (Å²) in [7, 11) is -8.71. The number of likely N-dealkylation sites (tertiary alicyclic amines) is 1. The molecule has 0 atom stereocenters. The van der Waals surface area contributed by atoms with Gasteiger partial charge in [-0.1, -0.05) is 0 Å². The van der Waals surface area contributed by atoms with Gasteiger partial charge in [0.2, 0.25) is 10.0 Å². The fraction of sp³-hybridized carbons (Fsp3) is 0.611. The van der Waals surface area contributed by atoms with Crippen LogP contribution in [0.4, 0.5) is 13.6 Å². The Kier molecular flexibility index (Phi) is 7.14.